The summed E-state index contributed by atoms with van der Waals surface area (Å²) in [5.74, 6) is 0.806. The number of ether oxygens (including phenoxy) is 1. The maximum Gasteiger partial charge on any atom is 0.220 e. The van der Waals surface area contributed by atoms with Crippen molar-refractivity contribution in [3.05, 3.63) is 41.6 Å². The van der Waals surface area contributed by atoms with Crippen LogP contribution < -0.4 is 4.74 Å². The molecule has 1 aromatic heterocycles. The van der Waals surface area contributed by atoms with E-state index in [1.165, 1.54) is 0 Å². The van der Waals surface area contributed by atoms with Crippen LogP contribution in [0.5, 0.6) is 5.88 Å². The monoisotopic (exact) mass is 340 g/mol. The van der Waals surface area contributed by atoms with E-state index in [2.05, 4.69) is 21.0 Å². The fraction of sp³-hybridized carbons (Fsp3) is 0.357. The van der Waals surface area contributed by atoms with Crippen molar-refractivity contribution in [3.63, 3.8) is 0 Å². The van der Waals surface area contributed by atoms with E-state index in [1.807, 2.05) is 48.9 Å². The summed E-state index contributed by atoms with van der Waals surface area (Å²) in [6.45, 7) is 3.91. The van der Waals surface area contributed by atoms with Crippen LogP contribution in [0.2, 0.25) is 0 Å². The van der Waals surface area contributed by atoms with Crippen LogP contribution in [0.15, 0.2) is 30.3 Å². The van der Waals surface area contributed by atoms with Gasteiger partial charge in [0.1, 0.15) is 9.89 Å². The highest BCUT2D eigenvalue weighted by atomic mass is 79.9. The predicted octanol–water partition coefficient (Wildman–Crippen LogP) is 3.83. The number of hydrogen-bond acceptors (Lipinski definition) is 2. The predicted molar refractivity (Wildman–Crippen MR) is 79.6 cm³/mol. The Hall–Kier alpha value is -1.000. The topological polar surface area (TPSA) is 27.1 Å². The minimum absolute atomic E-state index is 0.0872. The van der Waals surface area contributed by atoms with E-state index >= 15 is 0 Å². The second-order valence-corrected chi connectivity index (χ2v) is 7.77. The summed E-state index contributed by atoms with van der Waals surface area (Å²) in [5.41, 5.74) is 3.13. The molecule has 2 aromatic rings. The molecular weight excluding hydrogens is 328 g/mol. The number of nitrogens with zero attached hydrogens (tertiary/aromatic N) is 2. The van der Waals surface area contributed by atoms with Gasteiger partial charge in [-0.25, -0.2) is 4.68 Å². The fourth-order valence-electron chi connectivity index (χ4n) is 2.28. The van der Waals surface area contributed by atoms with Crippen LogP contribution in [0.4, 0.5) is 0 Å². The number of hydrogen-bond donors (Lipinski definition) is 0. The Labute approximate surface area is 125 Å². The van der Waals surface area contributed by atoms with E-state index in [0.29, 0.717) is 0 Å². The quantitative estimate of drug-likeness (QED) is 0.776. The van der Waals surface area contributed by atoms with Gasteiger partial charge in [-0.1, -0.05) is 34.1 Å². The number of halogens is 2. The smallest absolute Gasteiger partial charge is 0.220 e. The van der Waals surface area contributed by atoms with Crippen LogP contribution in [-0.4, -0.2) is 19.7 Å². The van der Waals surface area contributed by atoms with Gasteiger partial charge in [-0.2, -0.15) is 5.10 Å². The molecule has 1 aromatic carbocycles. The van der Waals surface area contributed by atoms with Gasteiger partial charge in [0, 0.05) is 12.0 Å². The Morgan fingerprint density at radius 1 is 1.42 bits per heavy atom. The largest absolute Gasteiger partial charge is 0.471 e. The van der Waals surface area contributed by atoms with Gasteiger partial charge in [-0.15, -0.1) is 11.6 Å². The number of benzene rings is 1. The minimum Gasteiger partial charge on any atom is -0.471 e. The first-order valence-electron chi connectivity index (χ1n) is 6.15. The van der Waals surface area contributed by atoms with Crippen LogP contribution in [-0.2, 0) is 6.42 Å². The molecule has 1 aliphatic rings. The van der Waals surface area contributed by atoms with Crippen molar-refractivity contribution in [2.45, 2.75) is 30.2 Å². The van der Waals surface area contributed by atoms with Gasteiger partial charge in [0.25, 0.3) is 0 Å². The van der Waals surface area contributed by atoms with E-state index in [-0.39, 0.29) is 6.10 Å². The molecule has 2 unspecified atom stereocenters. The molecule has 19 heavy (non-hydrogen) atoms. The van der Waals surface area contributed by atoms with Gasteiger partial charge in [0.05, 0.1) is 11.4 Å². The van der Waals surface area contributed by atoms with Crippen LogP contribution >= 0.6 is 27.5 Å². The number of fused-ring (bicyclic) bond motifs is 1. The first-order valence-corrected chi connectivity index (χ1v) is 7.32. The standard InChI is InChI=1S/C14H14BrClN2O/c1-9-11-8-12(14(2,15)16)19-13(11)18(17-9)10-6-4-3-5-7-10/h3-7,12H,8H2,1-2H3. The van der Waals surface area contributed by atoms with Crippen LogP contribution in [0.3, 0.4) is 0 Å². The highest BCUT2D eigenvalue weighted by Crippen LogP contribution is 2.41. The molecule has 2 atom stereocenters. The van der Waals surface area contributed by atoms with E-state index < -0.39 is 3.78 Å². The lowest BCUT2D eigenvalue weighted by molar-refractivity contribution is 0.208. The number of alkyl halides is 2. The molecule has 0 saturated carbocycles. The van der Waals surface area contributed by atoms with Crippen molar-refractivity contribution in [2.75, 3.05) is 0 Å². The van der Waals surface area contributed by atoms with E-state index in [1.54, 1.807) is 0 Å². The Morgan fingerprint density at radius 3 is 2.74 bits per heavy atom. The SMILES string of the molecule is Cc1nn(-c2ccccc2)c2c1CC(C(C)(Cl)Br)O2. The van der Waals surface area contributed by atoms with Crippen molar-refractivity contribution in [2.24, 2.45) is 0 Å². The highest BCUT2D eigenvalue weighted by molar-refractivity contribution is 9.10. The number of aryl methyl sites for hydroxylation is 1. The maximum absolute atomic E-state index is 6.30. The third-order valence-corrected chi connectivity index (χ3v) is 4.10. The molecule has 1 aliphatic heterocycles. The summed E-state index contributed by atoms with van der Waals surface area (Å²) < 4.78 is 7.28. The number of aromatic nitrogens is 2. The number of rotatable bonds is 2. The Bertz CT molecular complexity index is 604. The molecule has 3 nitrogen and oxygen atoms in total. The molecule has 0 radical (unpaired) electrons. The van der Waals surface area contributed by atoms with Gasteiger partial charge in [-0.3, -0.25) is 0 Å². The van der Waals surface area contributed by atoms with Gasteiger partial charge in [-0.05, 0) is 26.0 Å². The Morgan fingerprint density at radius 2 is 2.11 bits per heavy atom. The summed E-state index contributed by atoms with van der Waals surface area (Å²) in [4.78, 5) is 0. The number of para-hydroxylation sites is 1. The van der Waals surface area contributed by atoms with Gasteiger partial charge in [0.2, 0.25) is 5.88 Å². The molecule has 3 rings (SSSR count). The van der Waals surface area contributed by atoms with Crippen molar-refractivity contribution in [1.82, 2.24) is 9.78 Å². The summed E-state index contributed by atoms with van der Waals surface area (Å²) in [5, 5.41) is 4.55. The van der Waals surface area contributed by atoms with Crippen molar-refractivity contribution in [3.8, 4) is 11.6 Å². The van der Waals surface area contributed by atoms with E-state index in [9.17, 15) is 0 Å². The zero-order valence-corrected chi connectivity index (χ0v) is 13.1. The molecule has 0 fully saturated rings. The first kappa shape index (κ1) is 13.0. The molecule has 0 bridgehead atoms. The molecule has 5 heteroatoms. The molecule has 0 aliphatic carbocycles. The molecule has 0 amide bonds. The van der Waals surface area contributed by atoms with Gasteiger partial charge < -0.3 is 4.74 Å². The second-order valence-electron chi connectivity index (χ2n) is 4.88. The second kappa shape index (κ2) is 4.53. The zero-order valence-electron chi connectivity index (χ0n) is 10.7. The summed E-state index contributed by atoms with van der Waals surface area (Å²) >= 11 is 9.76. The normalized spacial score (nSPS) is 20.7. The summed E-state index contributed by atoms with van der Waals surface area (Å²) in [6.07, 6.45) is 0.690. The summed E-state index contributed by atoms with van der Waals surface area (Å²) in [7, 11) is 0. The van der Waals surface area contributed by atoms with Crippen molar-refractivity contribution in [1.29, 1.82) is 0 Å². The molecule has 0 saturated heterocycles. The van der Waals surface area contributed by atoms with Gasteiger partial charge >= 0.3 is 0 Å². The maximum atomic E-state index is 6.30. The lowest BCUT2D eigenvalue weighted by Gasteiger charge is -2.22. The van der Waals surface area contributed by atoms with Gasteiger partial charge in [0.15, 0.2) is 0 Å². The lowest BCUT2D eigenvalue weighted by Crippen LogP contribution is -2.32. The van der Waals surface area contributed by atoms with Crippen LogP contribution in [0.1, 0.15) is 18.2 Å². The zero-order chi connectivity index (χ0) is 13.6. The Kier molecular flexibility index (Phi) is 3.10. The third-order valence-electron chi connectivity index (χ3n) is 3.35. The minimum atomic E-state index is -0.569. The Balaban J connectivity index is 2.03. The van der Waals surface area contributed by atoms with Crippen LogP contribution in [0, 0.1) is 6.92 Å². The van der Waals surface area contributed by atoms with Crippen molar-refractivity contribution >= 4 is 27.5 Å². The molecule has 100 valence electrons. The molecule has 0 spiro atoms. The molecule has 0 N–H and O–H groups in total. The summed E-state index contributed by atoms with van der Waals surface area (Å²) in [6, 6.07) is 9.98. The molecular formula is C14H14BrClN2O. The van der Waals surface area contributed by atoms with E-state index in [0.717, 1.165) is 29.2 Å². The highest BCUT2D eigenvalue weighted by Gasteiger charge is 2.40. The average molecular weight is 342 g/mol. The van der Waals surface area contributed by atoms with Crippen molar-refractivity contribution < 1.29 is 4.74 Å². The third kappa shape index (κ3) is 2.28. The fourth-order valence-corrected chi connectivity index (χ4v) is 2.66. The molecule has 2 heterocycles. The average Bonchev–Trinajstić information content (AvgIpc) is 2.91. The van der Waals surface area contributed by atoms with Crippen LogP contribution in [0.25, 0.3) is 5.69 Å². The van der Waals surface area contributed by atoms with E-state index in [4.69, 9.17) is 16.3 Å². The lowest BCUT2D eigenvalue weighted by atomic mass is 10.1. The first-order chi connectivity index (χ1) is 8.97.